The number of hydrogen-bond donors (Lipinski definition) is 1. The maximum Gasteiger partial charge on any atom is 0.136 e. The van der Waals surface area contributed by atoms with E-state index in [1.54, 1.807) is 0 Å². The average Bonchev–Trinajstić information content (AvgIpc) is 2.41. The van der Waals surface area contributed by atoms with Crippen LogP contribution in [0.2, 0.25) is 0 Å². The van der Waals surface area contributed by atoms with E-state index in [-0.39, 0.29) is 10.1 Å². The van der Waals surface area contributed by atoms with Gasteiger partial charge in [-0.15, -0.1) is 11.8 Å². The Morgan fingerprint density at radius 2 is 1.89 bits per heavy atom. The van der Waals surface area contributed by atoms with Gasteiger partial charge >= 0.3 is 0 Å². The molecule has 100 valence electrons. The summed E-state index contributed by atoms with van der Waals surface area (Å²) in [5, 5.41) is -0.133. The highest BCUT2D eigenvalue weighted by Gasteiger charge is 2.16. The first-order chi connectivity index (χ1) is 9.11. The summed E-state index contributed by atoms with van der Waals surface area (Å²) in [6.45, 7) is 0.337. The molecular weight excluding hydrogens is 332 g/mol. The standard InChI is InChI=1S/C14H12BrF2NS/c15-11-4-2-1-3-10(11)14(8-18)19-13-7-9(16)5-6-12(13)17/h1-7,14H,8,18H2. The minimum absolute atomic E-state index is 0.133. The number of rotatable bonds is 4. The molecule has 2 aromatic carbocycles. The monoisotopic (exact) mass is 343 g/mol. The zero-order valence-corrected chi connectivity index (χ0v) is 12.3. The van der Waals surface area contributed by atoms with Crippen molar-refractivity contribution in [3.8, 4) is 0 Å². The fraction of sp³-hybridized carbons (Fsp3) is 0.143. The van der Waals surface area contributed by atoms with Gasteiger partial charge in [-0.1, -0.05) is 34.1 Å². The van der Waals surface area contributed by atoms with Crippen LogP contribution in [-0.2, 0) is 0 Å². The lowest BCUT2D eigenvalue weighted by molar-refractivity contribution is 0.576. The molecule has 0 saturated heterocycles. The molecule has 1 nitrogen and oxygen atoms in total. The largest absolute Gasteiger partial charge is 0.329 e. The Hall–Kier alpha value is -0.910. The Kier molecular flexibility index (Phi) is 4.96. The van der Waals surface area contributed by atoms with Crippen LogP contribution in [0.25, 0.3) is 0 Å². The van der Waals surface area contributed by atoms with Gasteiger partial charge in [-0.05, 0) is 29.8 Å². The van der Waals surface area contributed by atoms with Crippen LogP contribution in [0.15, 0.2) is 51.8 Å². The lowest BCUT2D eigenvalue weighted by atomic mass is 10.1. The number of benzene rings is 2. The number of halogens is 3. The highest BCUT2D eigenvalue weighted by molar-refractivity contribution is 9.10. The molecule has 0 bridgehead atoms. The SMILES string of the molecule is NCC(Sc1cc(F)ccc1F)c1ccccc1Br. The number of hydrogen-bond acceptors (Lipinski definition) is 2. The van der Waals surface area contributed by atoms with Gasteiger partial charge in [0.05, 0.1) is 0 Å². The fourth-order valence-corrected chi connectivity index (χ4v) is 3.50. The first kappa shape index (κ1) is 14.5. The molecule has 2 rings (SSSR count). The molecule has 0 aliphatic rings. The summed E-state index contributed by atoms with van der Waals surface area (Å²) in [5.74, 6) is -0.885. The van der Waals surface area contributed by atoms with Crippen LogP contribution in [0.5, 0.6) is 0 Å². The van der Waals surface area contributed by atoms with Crippen LogP contribution in [0.3, 0.4) is 0 Å². The molecule has 19 heavy (non-hydrogen) atoms. The summed E-state index contributed by atoms with van der Waals surface area (Å²) in [7, 11) is 0. The van der Waals surface area contributed by atoms with Crippen LogP contribution in [0.1, 0.15) is 10.8 Å². The van der Waals surface area contributed by atoms with Gasteiger partial charge in [0.15, 0.2) is 0 Å². The highest BCUT2D eigenvalue weighted by Crippen LogP contribution is 2.38. The van der Waals surface area contributed by atoms with Crippen LogP contribution in [0.4, 0.5) is 8.78 Å². The van der Waals surface area contributed by atoms with Gasteiger partial charge in [0, 0.05) is 21.2 Å². The minimum atomic E-state index is -0.452. The summed E-state index contributed by atoms with van der Waals surface area (Å²) < 4.78 is 27.7. The molecule has 2 aromatic rings. The van der Waals surface area contributed by atoms with Crippen molar-refractivity contribution in [2.45, 2.75) is 10.1 Å². The van der Waals surface area contributed by atoms with Gasteiger partial charge in [-0.2, -0.15) is 0 Å². The van der Waals surface area contributed by atoms with E-state index in [0.717, 1.165) is 22.2 Å². The molecule has 0 heterocycles. The van der Waals surface area contributed by atoms with Crippen molar-refractivity contribution in [3.05, 3.63) is 64.1 Å². The normalized spacial score (nSPS) is 12.4. The van der Waals surface area contributed by atoms with E-state index in [2.05, 4.69) is 15.9 Å². The zero-order chi connectivity index (χ0) is 13.8. The summed E-state index contributed by atoms with van der Waals surface area (Å²) in [5.41, 5.74) is 6.72. The van der Waals surface area contributed by atoms with E-state index in [1.807, 2.05) is 24.3 Å². The quantitative estimate of drug-likeness (QED) is 0.826. The Balaban J connectivity index is 2.29. The fourth-order valence-electron chi connectivity index (χ4n) is 1.70. The molecule has 0 aliphatic carbocycles. The van der Waals surface area contributed by atoms with Crippen molar-refractivity contribution >= 4 is 27.7 Å². The first-order valence-corrected chi connectivity index (χ1v) is 7.35. The van der Waals surface area contributed by atoms with E-state index < -0.39 is 11.6 Å². The van der Waals surface area contributed by atoms with Gasteiger partial charge in [0.25, 0.3) is 0 Å². The van der Waals surface area contributed by atoms with Gasteiger partial charge in [-0.3, -0.25) is 0 Å². The summed E-state index contributed by atoms with van der Waals surface area (Å²) in [4.78, 5) is 0.270. The van der Waals surface area contributed by atoms with Crippen molar-refractivity contribution in [2.75, 3.05) is 6.54 Å². The van der Waals surface area contributed by atoms with E-state index in [4.69, 9.17) is 5.73 Å². The molecule has 0 radical (unpaired) electrons. The summed E-state index contributed by atoms with van der Waals surface area (Å²) in [6.07, 6.45) is 0. The first-order valence-electron chi connectivity index (χ1n) is 5.68. The van der Waals surface area contributed by atoms with Crippen molar-refractivity contribution in [2.24, 2.45) is 5.73 Å². The second kappa shape index (κ2) is 6.50. The molecule has 2 N–H and O–H groups in total. The van der Waals surface area contributed by atoms with Crippen LogP contribution in [0, 0.1) is 11.6 Å². The Bertz CT molecular complexity index is 577. The van der Waals surface area contributed by atoms with Gasteiger partial charge in [0.1, 0.15) is 11.6 Å². The van der Waals surface area contributed by atoms with Gasteiger partial charge in [0.2, 0.25) is 0 Å². The van der Waals surface area contributed by atoms with Crippen LogP contribution >= 0.6 is 27.7 Å². The average molecular weight is 344 g/mol. The van der Waals surface area contributed by atoms with Crippen molar-refractivity contribution in [3.63, 3.8) is 0 Å². The van der Waals surface area contributed by atoms with Crippen molar-refractivity contribution in [1.82, 2.24) is 0 Å². The lowest BCUT2D eigenvalue weighted by Gasteiger charge is -2.16. The van der Waals surface area contributed by atoms with Crippen molar-refractivity contribution in [1.29, 1.82) is 0 Å². The zero-order valence-electron chi connectivity index (χ0n) is 9.95. The highest BCUT2D eigenvalue weighted by atomic mass is 79.9. The molecule has 0 aromatic heterocycles. The molecule has 0 aliphatic heterocycles. The third-order valence-corrected chi connectivity index (χ3v) is 4.65. The van der Waals surface area contributed by atoms with Crippen LogP contribution in [-0.4, -0.2) is 6.54 Å². The molecule has 0 amide bonds. The third-order valence-electron chi connectivity index (χ3n) is 2.63. The molecule has 0 fully saturated rings. The van der Waals surface area contributed by atoms with E-state index in [1.165, 1.54) is 17.8 Å². The third kappa shape index (κ3) is 3.55. The smallest absolute Gasteiger partial charge is 0.136 e. The Morgan fingerprint density at radius 1 is 1.16 bits per heavy atom. The second-order valence-corrected chi connectivity index (χ2v) is 6.04. The van der Waals surface area contributed by atoms with Crippen molar-refractivity contribution < 1.29 is 8.78 Å². The van der Waals surface area contributed by atoms with Gasteiger partial charge in [-0.25, -0.2) is 8.78 Å². The Morgan fingerprint density at radius 3 is 2.58 bits per heavy atom. The topological polar surface area (TPSA) is 26.0 Å². The molecule has 5 heteroatoms. The van der Waals surface area contributed by atoms with E-state index in [0.29, 0.717) is 6.54 Å². The predicted molar refractivity (Wildman–Crippen MR) is 78.2 cm³/mol. The number of nitrogens with two attached hydrogens (primary N) is 1. The summed E-state index contributed by atoms with van der Waals surface area (Å²) >= 11 is 4.67. The minimum Gasteiger partial charge on any atom is -0.329 e. The molecule has 0 spiro atoms. The van der Waals surface area contributed by atoms with Gasteiger partial charge < -0.3 is 5.73 Å². The molecule has 1 atom stereocenters. The second-order valence-electron chi connectivity index (χ2n) is 3.94. The molecule has 1 unspecified atom stereocenters. The number of thioether (sulfide) groups is 1. The Labute approximate surface area is 123 Å². The van der Waals surface area contributed by atoms with E-state index >= 15 is 0 Å². The molecule has 0 saturated carbocycles. The lowest BCUT2D eigenvalue weighted by Crippen LogP contribution is -2.10. The van der Waals surface area contributed by atoms with E-state index in [9.17, 15) is 8.78 Å². The molecular formula is C14H12BrF2NS. The maximum atomic E-state index is 13.6. The summed E-state index contributed by atoms with van der Waals surface area (Å²) in [6, 6.07) is 11.0. The van der Waals surface area contributed by atoms with Crippen LogP contribution < -0.4 is 5.73 Å². The predicted octanol–water partition coefficient (Wildman–Crippen LogP) is 4.52. The maximum absolute atomic E-state index is 13.6.